The van der Waals surface area contributed by atoms with E-state index in [0.29, 0.717) is 26.2 Å². The summed E-state index contributed by atoms with van der Waals surface area (Å²) in [6, 6.07) is 0. The van der Waals surface area contributed by atoms with Crippen LogP contribution in [0.25, 0.3) is 0 Å². The molecule has 0 aliphatic rings. The predicted molar refractivity (Wildman–Crippen MR) is 64.5 cm³/mol. The van der Waals surface area contributed by atoms with Crippen LogP contribution < -0.4 is 0 Å². The second-order valence-electron chi connectivity index (χ2n) is 3.98. The van der Waals surface area contributed by atoms with Gasteiger partial charge in [-0.3, -0.25) is 9.59 Å². The number of hydrogen-bond acceptors (Lipinski definition) is 4. The molecule has 0 aromatic heterocycles. The number of methoxy groups -OCH3 is 1. The number of nitrogens with zero attached hydrogens (tertiary/aromatic N) is 1. The number of carbonyl (C=O) groups excluding carboxylic acids is 2. The highest BCUT2D eigenvalue weighted by atomic mass is 16.5. The van der Waals surface area contributed by atoms with E-state index in [0.717, 1.165) is 0 Å². The fourth-order valence-corrected chi connectivity index (χ4v) is 1.51. The molecule has 0 aromatic rings. The first-order chi connectivity index (χ1) is 8.04. The molecule has 0 bridgehead atoms. The molecule has 0 spiro atoms. The van der Waals surface area contributed by atoms with E-state index in [2.05, 4.69) is 0 Å². The molecule has 0 heterocycles. The Kier molecular flexibility index (Phi) is 8.40. The second kappa shape index (κ2) is 8.98. The minimum atomic E-state index is -0.359. The molecule has 0 N–H and O–H groups in total. The third-order valence-corrected chi connectivity index (χ3v) is 2.33. The summed E-state index contributed by atoms with van der Waals surface area (Å²) in [5, 5.41) is 0. The van der Waals surface area contributed by atoms with Gasteiger partial charge in [0.25, 0.3) is 0 Å². The molecule has 0 aromatic carbocycles. The smallest absolute Gasteiger partial charge is 0.325 e. The molecule has 0 saturated heterocycles. The van der Waals surface area contributed by atoms with Crippen LogP contribution in [-0.2, 0) is 19.1 Å². The van der Waals surface area contributed by atoms with Crippen LogP contribution in [0.3, 0.4) is 0 Å². The van der Waals surface area contributed by atoms with E-state index >= 15 is 0 Å². The first-order valence-corrected chi connectivity index (χ1v) is 5.97. The van der Waals surface area contributed by atoms with Crippen molar-refractivity contribution in [2.75, 3.05) is 33.4 Å². The molecule has 0 radical (unpaired) electrons. The highest BCUT2D eigenvalue weighted by Gasteiger charge is 2.18. The van der Waals surface area contributed by atoms with Crippen molar-refractivity contribution in [3.8, 4) is 0 Å². The summed E-state index contributed by atoms with van der Waals surface area (Å²) in [4.78, 5) is 24.7. The van der Waals surface area contributed by atoms with Crippen LogP contribution in [0.4, 0.5) is 0 Å². The van der Waals surface area contributed by atoms with Gasteiger partial charge in [0.15, 0.2) is 0 Å². The zero-order chi connectivity index (χ0) is 13.3. The van der Waals surface area contributed by atoms with Gasteiger partial charge in [-0.2, -0.15) is 0 Å². The molecule has 5 nitrogen and oxygen atoms in total. The number of carbonyl (C=O) groups is 2. The number of rotatable bonds is 8. The Bertz CT molecular complexity index is 243. The lowest BCUT2D eigenvalue weighted by molar-refractivity contribution is -0.149. The van der Waals surface area contributed by atoms with Gasteiger partial charge in [-0.25, -0.2) is 0 Å². The zero-order valence-electron chi connectivity index (χ0n) is 11.2. The average molecular weight is 245 g/mol. The average Bonchev–Trinajstić information content (AvgIpc) is 2.26. The number of ether oxygens (including phenoxy) is 2. The van der Waals surface area contributed by atoms with Crippen molar-refractivity contribution in [1.29, 1.82) is 0 Å². The summed E-state index contributed by atoms with van der Waals surface area (Å²) in [5.74, 6) is -0.240. The maximum absolute atomic E-state index is 11.9. The molecule has 0 fully saturated rings. The lowest BCUT2D eigenvalue weighted by Crippen LogP contribution is -2.37. The van der Waals surface area contributed by atoms with Gasteiger partial charge in [0.1, 0.15) is 6.54 Å². The van der Waals surface area contributed by atoms with E-state index in [9.17, 15) is 9.59 Å². The summed E-state index contributed by atoms with van der Waals surface area (Å²) < 4.78 is 9.79. The number of amides is 1. The van der Waals surface area contributed by atoms with E-state index in [1.54, 1.807) is 14.0 Å². The fourth-order valence-electron chi connectivity index (χ4n) is 1.51. The van der Waals surface area contributed by atoms with Crippen LogP contribution in [0.15, 0.2) is 0 Å². The van der Waals surface area contributed by atoms with E-state index in [-0.39, 0.29) is 24.3 Å². The molecule has 0 aliphatic carbocycles. The van der Waals surface area contributed by atoms with Crippen molar-refractivity contribution < 1.29 is 19.1 Å². The van der Waals surface area contributed by atoms with Crippen molar-refractivity contribution in [2.24, 2.45) is 5.92 Å². The monoisotopic (exact) mass is 245 g/mol. The molecule has 1 unspecified atom stereocenters. The Hall–Kier alpha value is -1.10. The molecule has 100 valence electrons. The molecule has 5 heteroatoms. The van der Waals surface area contributed by atoms with Crippen molar-refractivity contribution in [2.45, 2.75) is 27.2 Å². The molecule has 17 heavy (non-hydrogen) atoms. The maximum atomic E-state index is 11.9. The third kappa shape index (κ3) is 6.94. The van der Waals surface area contributed by atoms with Gasteiger partial charge in [-0.1, -0.05) is 6.92 Å². The van der Waals surface area contributed by atoms with E-state index in [4.69, 9.17) is 9.47 Å². The summed E-state index contributed by atoms with van der Waals surface area (Å²) in [6.45, 7) is 6.96. The number of hydrogen-bond donors (Lipinski definition) is 0. The summed E-state index contributed by atoms with van der Waals surface area (Å²) in [5.41, 5.74) is 0. The van der Waals surface area contributed by atoms with Crippen LogP contribution in [0.5, 0.6) is 0 Å². The summed E-state index contributed by atoms with van der Waals surface area (Å²) >= 11 is 0. The van der Waals surface area contributed by atoms with Gasteiger partial charge in [-0.05, 0) is 19.8 Å². The maximum Gasteiger partial charge on any atom is 0.325 e. The first-order valence-electron chi connectivity index (χ1n) is 5.97. The van der Waals surface area contributed by atoms with E-state index < -0.39 is 0 Å². The van der Waals surface area contributed by atoms with Crippen LogP contribution in [-0.4, -0.2) is 50.2 Å². The molecule has 0 rings (SSSR count). The van der Waals surface area contributed by atoms with Crippen molar-refractivity contribution in [3.63, 3.8) is 0 Å². The Labute approximate surface area is 103 Å². The summed E-state index contributed by atoms with van der Waals surface area (Å²) in [7, 11) is 1.61. The lowest BCUT2D eigenvalue weighted by Gasteiger charge is -2.21. The Morgan fingerprint density at radius 3 is 2.41 bits per heavy atom. The van der Waals surface area contributed by atoms with Crippen molar-refractivity contribution in [3.05, 3.63) is 0 Å². The minimum Gasteiger partial charge on any atom is -0.465 e. The van der Waals surface area contributed by atoms with Crippen LogP contribution >= 0.6 is 0 Å². The largest absolute Gasteiger partial charge is 0.465 e. The predicted octanol–water partition coefficient (Wildman–Crippen LogP) is 1.07. The Morgan fingerprint density at radius 1 is 1.29 bits per heavy atom. The molecule has 0 aliphatic heterocycles. The molecule has 0 saturated carbocycles. The number of esters is 1. The molecular formula is C12H23NO4. The zero-order valence-corrected chi connectivity index (χ0v) is 11.2. The Morgan fingerprint density at radius 2 is 1.94 bits per heavy atom. The van der Waals surface area contributed by atoms with Gasteiger partial charge in [-0.15, -0.1) is 0 Å². The second-order valence-corrected chi connectivity index (χ2v) is 3.98. The molecule has 1 amide bonds. The highest BCUT2D eigenvalue weighted by molar-refractivity contribution is 5.82. The standard InChI is InChI=1S/C12H23NO4/c1-5-13(8-12(15)17-6-2)11(14)7-10(3)9-16-4/h10H,5-9H2,1-4H3. The van der Waals surface area contributed by atoms with Crippen molar-refractivity contribution >= 4 is 11.9 Å². The van der Waals surface area contributed by atoms with Gasteiger partial charge in [0.05, 0.1) is 6.61 Å². The summed E-state index contributed by atoms with van der Waals surface area (Å²) in [6.07, 6.45) is 0.390. The van der Waals surface area contributed by atoms with E-state index in [1.165, 1.54) is 4.90 Å². The lowest BCUT2D eigenvalue weighted by atomic mass is 10.1. The Balaban J connectivity index is 4.16. The van der Waals surface area contributed by atoms with Gasteiger partial charge >= 0.3 is 5.97 Å². The normalized spacial score (nSPS) is 12.0. The fraction of sp³-hybridized carbons (Fsp3) is 0.833. The van der Waals surface area contributed by atoms with Gasteiger partial charge < -0.3 is 14.4 Å². The highest BCUT2D eigenvalue weighted by Crippen LogP contribution is 2.06. The minimum absolute atomic E-state index is 0.0306. The van der Waals surface area contributed by atoms with Crippen LogP contribution in [0.1, 0.15) is 27.2 Å². The topological polar surface area (TPSA) is 55.8 Å². The van der Waals surface area contributed by atoms with E-state index in [1.807, 2.05) is 13.8 Å². The molecular weight excluding hydrogens is 222 g/mol. The SMILES string of the molecule is CCOC(=O)CN(CC)C(=O)CC(C)COC. The van der Waals surface area contributed by atoms with Crippen LogP contribution in [0.2, 0.25) is 0 Å². The van der Waals surface area contributed by atoms with Gasteiger partial charge in [0, 0.05) is 26.7 Å². The first kappa shape index (κ1) is 15.9. The molecule has 1 atom stereocenters. The third-order valence-electron chi connectivity index (χ3n) is 2.33. The van der Waals surface area contributed by atoms with Crippen LogP contribution in [0, 0.1) is 5.92 Å². The quantitative estimate of drug-likeness (QED) is 0.600. The van der Waals surface area contributed by atoms with Crippen molar-refractivity contribution in [1.82, 2.24) is 4.90 Å². The number of likely N-dealkylation sites (N-methyl/N-ethyl adjacent to an activating group) is 1. The van der Waals surface area contributed by atoms with Gasteiger partial charge in [0.2, 0.25) is 5.91 Å².